The highest BCUT2D eigenvalue weighted by molar-refractivity contribution is 5.85. The maximum Gasteiger partial charge on any atom is 0.138 e. The Hall–Kier alpha value is -0.850. The maximum atomic E-state index is 13.0. The molecule has 0 radical (unpaired) electrons. The average molecular weight is 451 g/mol. The van der Waals surface area contributed by atoms with Gasteiger partial charge in [0, 0.05) is 11.8 Å². The normalized spacial score (nSPS) is 52.7. The first kappa shape index (κ1) is 23.9. The molecule has 5 saturated carbocycles. The molecule has 0 N–H and O–H groups in total. The van der Waals surface area contributed by atoms with Crippen molar-refractivity contribution in [2.24, 2.45) is 56.2 Å². The highest BCUT2D eigenvalue weighted by atomic mass is 16.1. The van der Waals surface area contributed by atoms with Gasteiger partial charge in [0.05, 0.1) is 0 Å². The van der Waals surface area contributed by atoms with Crippen LogP contribution < -0.4 is 0 Å². The summed E-state index contributed by atoms with van der Waals surface area (Å²) >= 11 is 0. The van der Waals surface area contributed by atoms with E-state index >= 15 is 0 Å². The standard InChI is InChI=1S/C32H50O/c1-10-32-17-15-27(3,4)20-22(32)26-21(2)19-24-29(7)13-12-25(33)28(5,6)23(29)11-14-30(24,8)31(26,9)16-18-32/h10,22-24,26H,1-2,11-20H2,3-9H3/t22-,23-,24+,26+,29-,30+,31+,32+/m0/s1. The van der Waals surface area contributed by atoms with Crippen molar-refractivity contribution in [3.8, 4) is 0 Å². The van der Waals surface area contributed by atoms with Crippen molar-refractivity contribution in [1.29, 1.82) is 0 Å². The molecule has 0 amide bonds. The smallest absolute Gasteiger partial charge is 0.138 e. The lowest BCUT2D eigenvalue weighted by atomic mass is 9.31. The molecule has 1 nitrogen and oxygen atoms in total. The number of allylic oxidation sites excluding steroid dienone is 2. The largest absolute Gasteiger partial charge is 0.299 e. The molecule has 0 bridgehead atoms. The Morgan fingerprint density at radius 2 is 1.52 bits per heavy atom. The molecule has 1 heteroatoms. The summed E-state index contributed by atoms with van der Waals surface area (Å²) < 4.78 is 0. The van der Waals surface area contributed by atoms with Gasteiger partial charge in [-0.2, -0.15) is 0 Å². The zero-order valence-electron chi connectivity index (χ0n) is 22.8. The molecular weight excluding hydrogens is 400 g/mol. The number of carbonyl (C=O) groups excluding carboxylic acids is 1. The topological polar surface area (TPSA) is 17.1 Å². The fourth-order valence-electron chi connectivity index (χ4n) is 11.1. The lowest BCUT2D eigenvalue weighted by Crippen LogP contribution is -2.67. The molecule has 0 saturated heterocycles. The Morgan fingerprint density at radius 3 is 2.18 bits per heavy atom. The highest BCUT2D eigenvalue weighted by Crippen LogP contribution is 2.77. The van der Waals surface area contributed by atoms with Crippen molar-refractivity contribution in [2.45, 2.75) is 113 Å². The summed E-state index contributed by atoms with van der Waals surface area (Å²) in [6.45, 7) is 26.7. The van der Waals surface area contributed by atoms with E-state index in [0.29, 0.717) is 51.1 Å². The lowest BCUT2D eigenvalue weighted by molar-refractivity contribution is -0.221. The summed E-state index contributed by atoms with van der Waals surface area (Å²) in [6.07, 6.45) is 14.5. The van der Waals surface area contributed by atoms with Gasteiger partial charge in [0.15, 0.2) is 0 Å². The molecule has 0 aromatic heterocycles. The molecule has 0 spiro atoms. The molecule has 8 atom stereocenters. The van der Waals surface area contributed by atoms with E-state index in [-0.39, 0.29) is 10.8 Å². The first-order chi connectivity index (χ1) is 15.2. The monoisotopic (exact) mass is 450 g/mol. The van der Waals surface area contributed by atoms with Crippen LogP contribution in [0, 0.1) is 56.2 Å². The average Bonchev–Trinajstić information content (AvgIpc) is 2.72. The number of carbonyl (C=O) groups is 1. The maximum absolute atomic E-state index is 13.0. The van der Waals surface area contributed by atoms with Gasteiger partial charge in [-0.15, -0.1) is 6.58 Å². The van der Waals surface area contributed by atoms with E-state index in [2.05, 4.69) is 61.1 Å². The van der Waals surface area contributed by atoms with Gasteiger partial charge in [-0.05, 0) is 109 Å². The van der Waals surface area contributed by atoms with Gasteiger partial charge in [-0.1, -0.05) is 66.7 Å². The first-order valence-electron chi connectivity index (χ1n) is 14.0. The second-order valence-corrected chi connectivity index (χ2v) is 15.4. The van der Waals surface area contributed by atoms with Gasteiger partial charge in [0.1, 0.15) is 5.78 Å². The van der Waals surface area contributed by atoms with Crippen molar-refractivity contribution in [1.82, 2.24) is 0 Å². The van der Waals surface area contributed by atoms with Gasteiger partial charge >= 0.3 is 0 Å². The van der Waals surface area contributed by atoms with Crippen molar-refractivity contribution in [2.75, 3.05) is 0 Å². The molecule has 5 rings (SSSR count). The van der Waals surface area contributed by atoms with Crippen molar-refractivity contribution in [3.63, 3.8) is 0 Å². The van der Waals surface area contributed by atoms with E-state index in [1.807, 2.05) is 0 Å². The predicted molar refractivity (Wildman–Crippen MR) is 139 cm³/mol. The van der Waals surface area contributed by atoms with Gasteiger partial charge in [-0.25, -0.2) is 0 Å². The van der Waals surface area contributed by atoms with Crippen LogP contribution in [0.2, 0.25) is 0 Å². The van der Waals surface area contributed by atoms with E-state index < -0.39 is 0 Å². The van der Waals surface area contributed by atoms with Gasteiger partial charge in [0.25, 0.3) is 0 Å². The zero-order chi connectivity index (χ0) is 24.2. The molecule has 0 aliphatic heterocycles. The van der Waals surface area contributed by atoms with E-state index in [1.54, 1.807) is 5.57 Å². The summed E-state index contributed by atoms with van der Waals surface area (Å²) in [5, 5.41) is 0. The Kier molecular flexibility index (Phi) is 4.98. The quantitative estimate of drug-likeness (QED) is 0.365. The minimum Gasteiger partial charge on any atom is -0.299 e. The highest BCUT2D eigenvalue weighted by Gasteiger charge is 2.70. The van der Waals surface area contributed by atoms with Crippen molar-refractivity contribution >= 4 is 5.78 Å². The molecular formula is C32H50O. The minimum atomic E-state index is -0.175. The summed E-state index contributed by atoms with van der Waals surface area (Å²) in [4.78, 5) is 13.0. The van der Waals surface area contributed by atoms with Crippen LogP contribution in [0.3, 0.4) is 0 Å². The molecule has 5 aliphatic rings. The van der Waals surface area contributed by atoms with Crippen molar-refractivity contribution < 1.29 is 4.79 Å². The molecule has 5 aliphatic carbocycles. The van der Waals surface area contributed by atoms with Crippen LogP contribution in [0.15, 0.2) is 24.8 Å². The SMILES string of the molecule is C=C[C@]12CCC(C)(C)C[C@H]1[C@H]1C(=C)C[C@@H]3[C@@]4(C)CCC(=O)C(C)(C)[C@@H]4CC[C@@]3(C)[C@]1(C)CC2. The van der Waals surface area contributed by atoms with Crippen LogP contribution in [-0.2, 0) is 4.79 Å². The molecule has 5 fully saturated rings. The number of Topliss-reactive ketones (excluding diaryl/α,β-unsaturated/α-hetero) is 1. The summed E-state index contributed by atoms with van der Waals surface area (Å²) in [6, 6.07) is 0. The Bertz CT molecular complexity index is 892. The molecule has 0 unspecified atom stereocenters. The van der Waals surface area contributed by atoms with Gasteiger partial charge in [-0.3, -0.25) is 4.79 Å². The Labute approximate surface area is 204 Å². The minimum absolute atomic E-state index is 0.175. The van der Waals surface area contributed by atoms with Crippen LogP contribution in [0.25, 0.3) is 0 Å². The van der Waals surface area contributed by atoms with E-state index in [0.717, 1.165) is 12.8 Å². The zero-order valence-corrected chi connectivity index (χ0v) is 22.8. The van der Waals surface area contributed by atoms with Crippen LogP contribution in [0.1, 0.15) is 113 Å². The van der Waals surface area contributed by atoms with Crippen LogP contribution >= 0.6 is 0 Å². The number of fused-ring (bicyclic) bond motifs is 7. The van der Waals surface area contributed by atoms with Crippen LogP contribution in [0.5, 0.6) is 0 Å². The third kappa shape index (κ3) is 2.86. The molecule has 0 aromatic rings. The third-order valence-corrected chi connectivity index (χ3v) is 13.4. The van der Waals surface area contributed by atoms with Crippen LogP contribution in [0.4, 0.5) is 0 Å². The second-order valence-electron chi connectivity index (χ2n) is 15.4. The summed E-state index contributed by atoms with van der Waals surface area (Å²) in [5.41, 5.74) is 2.99. The molecule has 0 heterocycles. The van der Waals surface area contributed by atoms with Gasteiger partial charge < -0.3 is 0 Å². The lowest BCUT2D eigenvalue weighted by Gasteiger charge is -2.73. The number of rotatable bonds is 1. The number of hydrogen-bond donors (Lipinski definition) is 0. The van der Waals surface area contributed by atoms with Crippen molar-refractivity contribution in [3.05, 3.63) is 24.8 Å². The molecule has 184 valence electrons. The summed E-state index contributed by atoms with van der Waals surface area (Å²) in [5.74, 6) is 2.98. The predicted octanol–water partition coefficient (Wildman–Crippen LogP) is 8.79. The van der Waals surface area contributed by atoms with Crippen LogP contribution in [-0.4, -0.2) is 5.78 Å². The Morgan fingerprint density at radius 1 is 0.848 bits per heavy atom. The molecule has 0 aromatic carbocycles. The second kappa shape index (κ2) is 6.88. The number of ketones is 1. The van der Waals surface area contributed by atoms with E-state index in [9.17, 15) is 4.79 Å². The van der Waals surface area contributed by atoms with E-state index in [4.69, 9.17) is 6.58 Å². The fraction of sp³-hybridized carbons (Fsp3) is 0.844. The van der Waals surface area contributed by atoms with E-state index in [1.165, 1.54) is 51.4 Å². The fourth-order valence-corrected chi connectivity index (χ4v) is 11.1. The first-order valence-corrected chi connectivity index (χ1v) is 14.0. The Balaban J connectivity index is 1.59. The number of hydrogen-bond acceptors (Lipinski definition) is 1. The van der Waals surface area contributed by atoms with Gasteiger partial charge in [0.2, 0.25) is 0 Å². The summed E-state index contributed by atoms with van der Waals surface area (Å²) in [7, 11) is 0. The molecule has 33 heavy (non-hydrogen) atoms. The third-order valence-electron chi connectivity index (χ3n) is 13.4.